The van der Waals surface area contributed by atoms with Crippen LogP contribution in [0.5, 0.6) is 0 Å². The van der Waals surface area contributed by atoms with Crippen molar-refractivity contribution in [3.63, 3.8) is 0 Å². The van der Waals surface area contributed by atoms with E-state index in [9.17, 15) is 14.4 Å². The van der Waals surface area contributed by atoms with E-state index in [1.807, 2.05) is 6.07 Å². The summed E-state index contributed by atoms with van der Waals surface area (Å²) in [4.78, 5) is 36.3. The van der Waals surface area contributed by atoms with Gasteiger partial charge in [-0.15, -0.1) is 0 Å². The van der Waals surface area contributed by atoms with Crippen molar-refractivity contribution in [1.29, 1.82) is 0 Å². The van der Waals surface area contributed by atoms with Gasteiger partial charge in [-0.05, 0) is 37.8 Å². The molecule has 0 saturated heterocycles. The number of hydrogen-bond donors (Lipinski definition) is 3. The first-order valence-corrected chi connectivity index (χ1v) is 8.50. The highest BCUT2D eigenvalue weighted by atomic mass is 16.5. The van der Waals surface area contributed by atoms with E-state index in [0.29, 0.717) is 5.69 Å². The van der Waals surface area contributed by atoms with Crippen molar-refractivity contribution in [3.8, 4) is 0 Å². The van der Waals surface area contributed by atoms with Gasteiger partial charge in [0.25, 0.3) is 5.91 Å². The standard InChI is InChI=1S/C18H25N3O4/c1-11(2)15(21-18(24)20-13-7-5-4-6-8-13)17(23)25-12(3)16(22)19-14-9-10-14/h4-8,11-12,14-15H,9-10H2,1-3H3,(H,19,22)(H2,20,21,24)/t12-,15+/m0/s1. The number of amides is 3. The average Bonchev–Trinajstić information content (AvgIpc) is 3.37. The molecule has 3 amide bonds. The van der Waals surface area contributed by atoms with Crippen LogP contribution in [0.3, 0.4) is 0 Å². The largest absolute Gasteiger partial charge is 0.451 e. The molecule has 1 aromatic carbocycles. The third kappa shape index (κ3) is 6.10. The maximum absolute atomic E-state index is 12.3. The lowest BCUT2D eigenvalue weighted by Gasteiger charge is -2.23. The number of rotatable bonds is 7. The topological polar surface area (TPSA) is 96.5 Å². The molecule has 2 atom stereocenters. The summed E-state index contributed by atoms with van der Waals surface area (Å²) in [5.41, 5.74) is 0.619. The van der Waals surface area contributed by atoms with E-state index in [1.165, 1.54) is 6.92 Å². The Morgan fingerprint density at radius 1 is 1.08 bits per heavy atom. The number of hydrogen-bond acceptors (Lipinski definition) is 4. The summed E-state index contributed by atoms with van der Waals surface area (Å²) in [6.07, 6.45) is 1.03. The molecule has 0 bridgehead atoms. The van der Waals surface area contributed by atoms with Crippen molar-refractivity contribution < 1.29 is 19.1 Å². The van der Waals surface area contributed by atoms with Crippen LogP contribution in [0, 0.1) is 5.92 Å². The maximum Gasteiger partial charge on any atom is 0.329 e. The molecule has 0 aromatic heterocycles. The minimum Gasteiger partial charge on any atom is -0.451 e. The molecule has 1 aliphatic carbocycles. The van der Waals surface area contributed by atoms with E-state index in [-0.39, 0.29) is 17.9 Å². The summed E-state index contributed by atoms with van der Waals surface area (Å²) in [5.74, 6) is -1.13. The second-order valence-electron chi connectivity index (χ2n) is 6.55. The highest BCUT2D eigenvalue weighted by molar-refractivity contribution is 5.93. The summed E-state index contributed by atoms with van der Waals surface area (Å²) in [7, 11) is 0. The molecule has 0 aliphatic heterocycles. The fraction of sp³-hybridized carbons (Fsp3) is 0.500. The number of ether oxygens (including phenoxy) is 1. The van der Waals surface area contributed by atoms with Crippen molar-refractivity contribution >= 4 is 23.6 Å². The third-order valence-corrected chi connectivity index (χ3v) is 3.82. The Labute approximate surface area is 147 Å². The number of anilines is 1. The monoisotopic (exact) mass is 347 g/mol. The zero-order valence-electron chi connectivity index (χ0n) is 14.7. The zero-order valence-corrected chi connectivity index (χ0v) is 14.7. The van der Waals surface area contributed by atoms with Crippen molar-refractivity contribution in [2.75, 3.05) is 5.32 Å². The fourth-order valence-electron chi connectivity index (χ4n) is 2.17. The number of esters is 1. The number of urea groups is 1. The van der Waals surface area contributed by atoms with Gasteiger partial charge in [0, 0.05) is 11.7 Å². The van der Waals surface area contributed by atoms with Crippen LogP contribution >= 0.6 is 0 Å². The van der Waals surface area contributed by atoms with Crippen LogP contribution < -0.4 is 16.0 Å². The lowest BCUT2D eigenvalue weighted by atomic mass is 10.0. The molecule has 1 saturated carbocycles. The van der Waals surface area contributed by atoms with Crippen LogP contribution in [0.4, 0.5) is 10.5 Å². The number of carbonyl (C=O) groups is 3. The van der Waals surface area contributed by atoms with Crippen LogP contribution in [0.15, 0.2) is 30.3 Å². The first kappa shape index (κ1) is 18.8. The Bertz CT molecular complexity index is 614. The lowest BCUT2D eigenvalue weighted by Crippen LogP contribution is -2.49. The van der Waals surface area contributed by atoms with Gasteiger partial charge < -0.3 is 20.7 Å². The molecular weight excluding hydrogens is 322 g/mol. The van der Waals surface area contributed by atoms with Gasteiger partial charge in [0.2, 0.25) is 0 Å². The first-order valence-electron chi connectivity index (χ1n) is 8.50. The summed E-state index contributed by atoms with van der Waals surface area (Å²) < 4.78 is 5.22. The van der Waals surface area contributed by atoms with E-state index in [2.05, 4.69) is 16.0 Å². The molecule has 136 valence electrons. The molecule has 1 aromatic rings. The number of benzene rings is 1. The fourth-order valence-corrected chi connectivity index (χ4v) is 2.17. The van der Waals surface area contributed by atoms with E-state index >= 15 is 0 Å². The average molecular weight is 347 g/mol. The maximum atomic E-state index is 12.3. The highest BCUT2D eigenvalue weighted by Crippen LogP contribution is 2.19. The molecule has 0 heterocycles. The number of carbonyl (C=O) groups excluding carboxylic acids is 3. The molecule has 1 fully saturated rings. The van der Waals surface area contributed by atoms with Gasteiger partial charge in [-0.2, -0.15) is 0 Å². The highest BCUT2D eigenvalue weighted by Gasteiger charge is 2.31. The Morgan fingerprint density at radius 2 is 1.72 bits per heavy atom. The molecule has 3 N–H and O–H groups in total. The minimum absolute atomic E-state index is 0.187. The van der Waals surface area contributed by atoms with Crippen molar-refractivity contribution in [2.24, 2.45) is 5.92 Å². The van der Waals surface area contributed by atoms with Gasteiger partial charge in [0.15, 0.2) is 6.10 Å². The SMILES string of the molecule is CC(C)[C@@H](NC(=O)Nc1ccccc1)C(=O)O[C@@H](C)C(=O)NC1CC1. The van der Waals surface area contributed by atoms with Gasteiger partial charge >= 0.3 is 12.0 Å². The third-order valence-electron chi connectivity index (χ3n) is 3.82. The Kier molecular flexibility index (Phi) is 6.38. The number of para-hydroxylation sites is 1. The predicted molar refractivity (Wildman–Crippen MR) is 93.9 cm³/mol. The molecular formula is C18H25N3O4. The van der Waals surface area contributed by atoms with Crippen LogP contribution in [0.1, 0.15) is 33.6 Å². The van der Waals surface area contributed by atoms with E-state index in [4.69, 9.17) is 4.74 Å². The smallest absolute Gasteiger partial charge is 0.329 e. The van der Waals surface area contributed by atoms with Gasteiger partial charge in [-0.1, -0.05) is 32.0 Å². The Hall–Kier alpha value is -2.57. The van der Waals surface area contributed by atoms with E-state index in [1.54, 1.807) is 38.1 Å². The van der Waals surface area contributed by atoms with Crippen molar-refractivity contribution in [2.45, 2.75) is 51.8 Å². The summed E-state index contributed by atoms with van der Waals surface area (Å²) in [5, 5.41) is 8.05. The summed E-state index contributed by atoms with van der Waals surface area (Å²) >= 11 is 0. The second kappa shape index (κ2) is 8.50. The van der Waals surface area contributed by atoms with Crippen LogP contribution in [-0.2, 0) is 14.3 Å². The Morgan fingerprint density at radius 3 is 2.28 bits per heavy atom. The summed E-state index contributed by atoms with van der Waals surface area (Å²) in [6.45, 7) is 5.12. The van der Waals surface area contributed by atoms with Gasteiger partial charge in [0.1, 0.15) is 6.04 Å². The molecule has 0 unspecified atom stereocenters. The van der Waals surface area contributed by atoms with Crippen molar-refractivity contribution in [3.05, 3.63) is 30.3 Å². The van der Waals surface area contributed by atoms with Crippen LogP contribution in [0.25, 0.3) is 0 Å². The normalized spacial score (nSPS) is 15.8. The molecule has 7 heteroatoms. The van der Waals surface area contributed by atoms with Gasteiger partial charge in [0.05, 0.1) is 0 Å². The van der Waals surface area contributed by atoms with Crippen LogP contribution in [-0.4, -0.2) is 36.1 Å². The van der Waals surface area contributed by atoms with E-state index < -0.39 is 24.1 Å². The van der Waals surface area contributed by atoms with Gasteiger partial charge in [-0.3, -0.25) is 4.79 Å². The zero-order chi connectivity index (χ0) is 18.4. The van der Waals surface area contributed by atoms with E-state index in [0.717, 1.165) is 12.8 Å². The van der Waals surface area contributed by atoms with Crippen LogP contribution in [0.2, 0.25) is 0 Å². The molecule has 2 rings (SSSR count). The number of nitrogens with one attached hydrogen (secondary N) is 3. The first-order chi connectivity index (χ1) is 11.9. The predicted octanol–water partition coefficient (Wildman–Crippen LogP) is 2.04. The summed E-state index contributed by atoms with van der Waals surface area (Å²) in [6, 6.07) is 7.76. The molecule has 25 heavy (non-hydrogen) atoms. The van der Waals surface area contributed by atoms with Crippen molar-refractivity contribution in [1.82, 2.24) is 10.6 Å². The lowest BCUT2D eigenvalue weighted by molar-refractivity contribution is -0.157. The molecule has 1 aliphatic rings. The molecule has 0 spiro atoms. The quantitative estimate of drug-likeness (QED) is 0.658. The molecule has 7 nitrogen and oxygen atoms in total. The minimum atomic E-state index is -0.895. The van der Waals surface area contributed by atoms with Gasteiger partial charge in [-0.25, -0.2) is 9.59 Å². The molecule has 0 radical (unpaired) electrons. The second-order valence-corrected chi connectivity index (χ2v) is 6.55. The Balaban J connectivity index is 1.88.